The molecule has 3 rings (SSSR count). The SMILES string of the molecule is CC(=O)Nc1ccn(C2C=CC3CN2C(=O)N3OS(=O)(=O)O)n1. The van der Waals surface area contributed by atoms with Gasteiger partial charge < -0.3 is 5.32 Å². The molecule has 1 aromatic heterocycles. The second-order valence-corrected chi connectivity index (χ2v) is 6.00. The summed E-state index contributed by atoms with van der Waals surface area (Å²) in [6.07, 6.45) is 4.19. The van der Waals surface area contributed by atoms with Crippen molar-refractivity contribution in [3.8, 4) is 0 Å². The zero-order chi connectivity index (χ0) is 16.8. The van der Waals surface area contributed by atoms with E-state index >= 15 is 0 Å². The molecule has 2 aliphatic heterocycles. The number of aromatic nitrogens is 2. The predicted molar refractivity (Wildman–Crippen MR) is 75.1 cm³/mol. The summed E-state index contributed by atoms with van der Waals surface area (Å²) in [5, 5.41) is 7.24. The Morgan fingerprint density at radius 1 is 1.48 bits per heavy atom. The Bertz CT molecular complexity index is 787. The van der Waals surface area contributed by atoms with Crippen LogP contribution < -0.4 is 5.32 Å². The molecule has 2 atom stereocenters. The molecule has 3 heterocycles. The number of nitrogens with zero attached hydrogens (tertiary/aromatic N) is 4. The van der Waals surface area contributed by atoms with Crippen molar-refractivity contribution in [1.82, 2.24) is 19.7 Å². The molecule has 23 heavy (non-hydrogen) atoms. The lowest BCUT2D eigenvalue weighted by Gasteiger charge is -2.26. The van der Waals surface area contributed by atoms with E-state index in [-0.39, 0.29) is 12.5 Å². The lowest BCUT2D eigenvalue weighted by atomic mass is 10.2. The largest absolute Gasteiger partial charge is 0.418 e. The maximum Gasteiger partial charge on any atom is 0.418 e. The number of rotatable bonds is 4. The third-order valence-electron chi connectivity index (χ3n) is 3.30. The molecule has 124 valence electrons. The minimum absolute atomic E-state index is 0.171. The van der Waals surface area contributed by atoms with Crippen molar-refractivity contribution in [3.63, 3.8) is 0 Å². The maximum absolute atomic E-state index is 12.2. The molecular formula is C11H13N5O6S. The number of carbonyl (C=O) groups excluding carboxylic acids is 2. The molecule has 12 heteroatoms. The Hall–Kier alpha value is -2.44. The van der Waals surface area contributed by atoms with Gasteiger partial charge in [0.05, 0.1) is 12.6 Å². The summed E-state index contributed by atoms with van der Waals surface area (Å²) in [5.41, 5.74) is 0. The Balaban J connectivity index is 1.81. The third kappa shape index (κ3) is 3.04. The van der Waals surface area contributed by atoms with Crippen LogP contribution in [0.2, 0.25) is 0 Å². The molecule has 0 aliphatic carbocycles. The van der Waals surface area contributed by atoms with Gasteiger partial charge in [-0.15, -0.1) is 4.28 Å². The van der Waals surface area contributed by atoms with E-state index in [4.69, 9.17) is 4.55 Å². The highest BCUT2D eigenvalue weighted by Crippen LogP contribution is 2.31. The highest BCUT2D eigenvalue weighted by atomic mass is 32.3. The van der Waals surface area contributed by atoms with Crippen LogP contribution >= 0.6 is 0 Å². The molecule has 1 fully saturated rings. The van der Waals surface area contributed by atoms with Gasteiger partial charge in [0, 0.05) is 19.2 Å². The first-order valence-electron chi connectivity index (χ1n) is 6.52. The lowest BCUT2D eigenvalue weighted by Crippen LogP contribution is -2.37. The number of anilines is 1. The molecule has 0 aromatic carbocycles. The van der Waals surface area contributed by atoms with Crippen LogP contribution in [-0.2, 0) is 19.5 Å². The average Bonchev–Trinajstić information content (AvgIpc) is 2.97. The molecule has 0 radical (unpaired) electrons. The number of carbonyl (C=O) groups is 2. The zero-order valence-corrected chi connectivity index (χ0v) is 12.7. The van der Waals surface area contributed by atoms with E-state index in [1.54, 1.807) is 24.4 Å². The Morgan fingerprint density at radius 3 is 2.87 bits per heavy atom. The third-order valence-corrected chi connectivity index (χ3v) is 3.65. The quantitative estimate of drug-likeness (QED) is 0.568. The fourth-order valence-electron chi connectivity index (χ4n) is 2.47. The molecule has 11 nitrogen and oxygen atoms in total. The van der Waals surface area contributed by atoms with Gasteiger partial charge in [0.2, 0.25) is 5.91 Å². The number of hydrogen-bond donors (Lipinski definition) is 2. The van der Waals surface area contributed by atoms with Gasteiger partial charge >= 0.3 is 16.4 Å². The smallest absolute Gasteiger partial charge is 0.309 e. The van der Waals surface area contributed by atoms with Crippen molar-refractivity contribution in [3.05, 3.63) is 24.4 Å². The Labute approximate surface area is 131 Å². The number of amides is 3. The summed E-state index contributed by atoms with van der Waals surface area (Å²) < 4.78 is 36.1. The van der Waals surface area contributed by atoms with Crippen LogP contribution in [-0.4, -0.2) is 57.2 Å². The van der Waals surface area contributed by atoms with Crippen LogP contribution in [0.5, 0.6) is 0 Å². The number of nitrogens with one attached hydrogen (secondary N) is 1. The standard InChI is InChI=1S/C11H13N5O6S/c1-7(17)12-9-4-5-15(13-9)10-3-2-8-6-14(10)11(18)16(8)22-23(19,20)21/h2-5,8,10H,6H2,1H3,(H,12,13,17)(H,19,20,21). The van der Waals surface area contributed by atoms with E-state index in [1.165, 1.54) is 16.5 Å². The molecule has 2 N–H and O–H groups in total. The van der Waals surface area contributed by atoms with Gasteiger partial charge in [-0.1, -0.05) is 6.08 Å². The number of urea groups is 1. The van der Waals surface area contributed by atoms with Crippen molar-refractivity contribution in [2.24, 2.45) is 0 Å². The maximum atomic E-state index is 12.2. The fraction of sp³-hybridized carbons (Fsp3) is 0.364. The van der Waals surface area contributed by atoms with Gasteiger partial charge in [0.15, 0.2) is 5.82 Å². The van der Waals surface area contributed by atoms with Gasteiger partial charge in [0.25, 0.3) is 0 Å². The van der Waals surface area contributed by atoms with Gasteiger partial charge in [-0.25, -0.2) is 9.48 Å². The van der Waals surface area contributed by atoms with Crippen molar-refractivity contribution in [2.75, 3.05) is 11.9 Å². The molecule has 0 spiro atoms. The van der Waals surface area contributed by atoms with E-state index in [1.807, 2.05) is 0 Å². The van der Waals surface area contributed by atoms with Crippen LogP contribution in [0, 0.1) is 0 Å². The first kappa shape index (κ1) is 15.5. The van der Waals surface area contributed by atoms with E-state index < -0.39 is 28.6 Å². The molecule has 2 bridgehead atoms. The average molecular weight is 343 g/mol. The lowest BCUT2D eigenvalue weighted by molar-refractivity contribution is -0.114. The molecule has 2 aliphatic rings. The molecule has 3 amide bonds. The summed E-state index contributed by atoms with van der Waals surface area (Å²) >= 11 is 0. The molecule has 0 saturated carbocycles. The fourth-order valence-corrected chi connectivity index (χ4v) is 2.84. The zero-order valence-electron chi connectivity index (χ0n) is 11.9. The first-order valence-corrected chi connectivity index (χ1v) is 7.89. The van der Waals surface area contributed by atoms with E-state index in [9.17, 15) is 18.0 Å². The molecular weight excluding hydrogens is 330 g/mol. The van der Waals surface area contributed by atoms with Crippen molar-refractivity contribution < 1.29 is 26.8 Å². The Morgan fingerprint density at radius 2 is 2.22 bits per heavy atom. The van der Waals surface area contributed by atoms with Crippen LogP contribution in [0.4, 0.5) is 10.6 Å². The van der Waals surface area contributed by atoms with Gasteiger partial charge in [-0.05, 0) is 6.08 Å². The summed E-state index contributed by atoms with van der Waals surface area (Å²) in [6, 6.07) is 0.208. The minimum atomic E-state index is -4.80. The predicted octanol–water partition coefficient (Wildman–Crippen LogP) is -0.250. The van der Waals surface area contributed by atoms with Crippen LogP contribution in [0.25, 0.3) is 0 Å². The highest BCUT2D eigenvalue weighted by molar-refractivity contribution is 7.80. The van der Waals surface area contributed by atoms with Crippen LogP contribution in [0.1, 0.15) is 13.1 Å². The van der Waals surface area contributed by atoms with Crippen molar-refractivity contribution in [2.45, 2.75) is 19.1 Å². The first-order chi connectivity index (χ1) is 10.7. The van der Waals surface area contributed by atoms with E-state index in [0.29, 0.717) is 10.9 Å². The molecule has 1 aromatic rings. The topological polar surface area (TPSA) is 134 Å². The number of hydroxylamine groups is 2. The summed E-state index contributed by atoms with van der Waals surface area (Å²) in [7, 11) is -4.80. The van der Waals surface area contributed by atoms with Gasteiger partial charge in [0.1, 0.15) is 6.17 Å². The van der Waals surface area contributed by atoms with E-state index in [2.05, 4.69) is 14.7 Å². The Kier molecular flexibility index (Phi) is 3.58. The van der Waals surface area contributed by atoms with Crippen molar-refractivity contribution in [1.29, 1.82) is 0 Å². The number of hydrogen-bond acceptors (Lipinski definition) is 6. The summed E-state index contributed by atoms with van der Waals surface area (Å²) in [6.45, 7) is 1.52. The van der Waals surface area contributed by atoms with Gasteiger partial charge in [-0.3, -0.25) is 14.2 Å². The summed E-state index contributed by atoms with van der Waals surface area (Å²) in [5.74, 6) is 0.0465. The van der Waals surface area contributed by atoms with E-state index in [0.717, 1.165) is 0 Å². The van der Waals surface area contributed by atoms with Gasteiger partial charge in [-0.2, -0.15) is 18.6 Å². The molecule has 1 saturated heterocycles. The minimum Gasteiger partial charge on any atom is -0.309 e. The molecule has 2 unspecified atom stereocenters. The number of fused-ring (bicyclic) bond motifs is 2. The second kappa shape index (κ2) is 5.33. The van der Waals surface area contributed by atoms with Crippen LogP contribution in [0.15, 0.2) is 24.4 Å². The van der Waals surface area contributed by atoms with Crippen LogP contribution in [0.3, 0.4) is 0 Å². The summed E-state index contributed by atoms with van der Waals surface area (Å²) in [4.78, 5) is 24.6. The normalized spacial score (nSPS) is 23.5. The highest BCUT2D eigenvalue weighted by Gasteiger charge is 2.45. The second-order valence-electron chi connectivity index (χ2n) is 4.99. The van der Waals surface area contributed by atoms with Crippen molar-refractivity contribution >= 4 is 28.2 Å². The monoisotopic (exact) mass is 343 g/mol.